The van der Waals surface area contributed by atoms with Crippen LogP contribution >= 0.6 is 0 Å². The summed E-state index contributed by atoms with van der Waals surface area (Å²) >= 11 is 0. The van der Waals surface area contributed by atoms with Gasteiger partial charge in [-0.1, -0.05) is 6.92 Å². The van der Waals surface area contributed by atoms with E-state index in [1.165, 1.54) is 0 Å². The Bertz CT molecular complexity index is 150. The smallest absolute Gasteiger partial charge is 0.277 e. The van der Waals surface area contributed by atoms with Gasteiger partial charge in [-0.05, 0) is 6.42 Å². The predicted molar refractivity (Wildman–Crippen MR) is 41.9 cm³/mol. The van der Waals surface area contributed by atoms with Crippen molar-refractivity contribution in [3.8, 4) is 0 Å². The largest absolute Gasteiger partial charge is 0.350 e. The minimum absolute atomic E-state index is 0.278. The van der Waals surface area contributed by atoms with Gasteiger partial charge in [0.25, 0.3) is 5.92 Å². The van der Waals surface area contributed by atoms with Crippen molar-refractivity contribution >= 4 is 5.91 Å². The van der Waals surface area contributed by atoms with Crippen molar-refractivity contribution < 1.29 is 13.6 Å². The molecule has 5 heteroatoms. The van der Waals surface area contributed by atoms with Crippen LogP contribution in [0.25, 0.3) is 0 Å². The van der Waals surface area contributed by atoms with Crippen LogP contribution in [0.2, 0.25) is 0 Å². The first kappa shape index (κ1) is 11.3. The number of alkyl halides is 2. The Balaban J connectivity index is 3.60. The molecule has 1 amide bonds. The van der Waals surface area contributed by atoms with E-state index in [-0.39, 0.29) is 12.3 Å². The van der Waals surface area contributed by atoms with E-state index in [1.807, 2.05) is 0 Å². The van der Waals surface area contributed by atoms with E-state index >= 15 is 0 Å². The fourth-order valence-electron chi connectivity index (χ4n) is 0.616. The summed E-state index contributed by atoms with van der Waals surface area (Å²) in [6.07, 6.45) is 0.931. The van der Waals surface area contributed by atoms with Crippen molar-refractivity contribution in [2.45, 2.75) is 25.7 Å². The number of hydrogen-bond acceptors (Lipinski definition) is 2. The Morgan fingerprint density at radius 1 is 1.58 bits per heavy atom. The zero-order valence-electron chi connectivity index (χ0n) is 7.07. The van der Waals surface area contributed by atoms with E-state index in [2.05, 4.69) is 5.32 Å². The molecule has 0 atom stereocenters. The van der Waals surface area contributed by atoms with Crippen molar-refractivity contribution in [2.75, 3.05) is 13.1 Å². The Morgan fingerprint density at radius 2 is 2.17 bits per heavy atom. The number of rotatable bonds is 5. The van der Waals surface area contributed by atoms with Crippen molar-refractivity contribution in [3.63, 3.8) is 0 Å². The molecule has 0 aliphatic carbocycles. The van der Waals surface area contributed by atoms with Gasteiger partial charge in [-0.15, -0.1) is 0 Å². The van der Waals surface area contributed by atoms with Crippen LogP contribution in [0, 0.1) is 0 Å². The number of nitrogens with two attached hydrogens (primary N) is 1. The normalized spacial score (nSPS) is 11.3. The average Bonchev–Trinajstić information content (AvgIpc) is 2.02. The molecule has 72 valence electrons. The molecule has 0 aromatic carbocycles. The molecule has 0 aliphatic heterocycles. The molecule has 0 unspecified atom stereocenters. The molecular formula is C7H14F2N2O. The molecule has 0 aromatic rings. The lowest BCUT2D eigenvalue weighted by atomic mass is 10.3. The van der Waals surface area contributed by atoms with Crippen molar-refractivity contribution in [1.29, 1.82) is 0 Å². The topological polar surface area (TPSA) is 55.1 Å². The molecule has 0 aliphatic rings. The summed E-state index contributed by atoms with van der Waals surface area (Å²) < 4.78 is 24.8. The van der Waals surface area contributed by atoms with Gasteiger partial charge in [0.15, 0.2) is 0 Å². The highest BCUT2D eigenvalue weighted by Gasteiger charge is 2.26. The monoisotopic (exact) mass is 180 g/mol. The van der Waals surface area contributed by atoms with Crippen molar-refractivity contribution in [2.24, 2.45) is 5.73 Å². The van der Waals surface area contributed by atoms with Crippen LogP contribution < -0.4 is 11.1 Å². The number of amides is 1. The summed E-state index contributed by atoms with van der Waals surface area (Å²) in [5.41, 5.74) is 4.77. The highest BCUT2D eigenvalue weighted by Crippen LogP contribution is 2.08. The van der Waals surface area contributed by atoms with E-state index in [0.29, 0.717) is 6.42 Å². The minimum Gasteiger partial charge on any atom is -0.350 e. The first-order chi connectivity index (χ1) is 5.52. The van der Waals surface area contributed by atoms with Crippen molar-refractivity contribution in [1.82, 2.24) is 5.32 Å². The lowest BCUT2D eigenvalue weighted by Gasteiger charge is -2.13. The third-order valence-electron chi connectivity index (χ3n) is 1.32. The minimum atomic E-state index is -2.98. The molecule has 0 spiro atoms. The van der Waals surface area contributed by atoms with Gasteiger partial charge in [-0.2, -0.15) is 0 Å². The maximum absolute atomic E-state index is 12.4. The van der Waals surface area contributed by atoms with Gasteiger partial charge in [-0.3, -0.25) is 4.79 Å². The third kappa shape index (κ3) is 5.01. The van der Waals surface area contributed by atoms with E-state index in [0.717, 1.165) is 0 Å². The summed E-state index contributed by atoms with van der Waals surface area (Å²) in [4.78, 5) is 10.7. The standard InChI is InChI=1S/C7H14F2N2O/c1-2-3-6(12)11-5-7(8,9)4-10/h2-5,10H2,1H3,(H,11,12). The second-order valence-corrected chi connectivity index (χ2v) is 2.59. The molecule has 0 bridgehead atoms. The Kier molecular flexibility index (Phi) is 4.73. The zero-order valence-corrected chi connectivity index (χ0v) is 7.07. The van der Waals surface area contributed by atoms with Gasteiger partial charge < -0.3 is 11.1 Å². The van der Waals surface area contributed by atoms with Crippen LogP contribution in [0.5, 0.6) is 0 Å². The fourth-order valence-corrected chi connectivity index (χ4v) is 0.616. The van der Waals surface area contributed by atoms with E-state index < -0.39 is 19.0 Å². The summed E-state index contributed by atoms with van der Waals surface area (Å²) in [6, 6.07) is 0. The summed E-state index contributed by atoms with van der Waals surface area (Å²) in [6.45, 7) is 0.405. The Morgan fingerprint density at radius 3 is 2.58 bits per heavy atom. The molecule has 0 aromatic heterocycles. The van der Waals surface area contributed by atoms with Crippen LogP contribution in [-0.4, -0.2) is 24.9 Å². The van der Waals surface area contributed by atoms with Crippen molar-refractivity contribution in [3.05, 3.63) is 0 Å². The number of carbonyl (C=O) groups is 1. The van der Waals surface area contributed by atoms with Crippen LogP contribution in [-0.2, 0) is 4.79 Å². The molecular weight excluding hydrogens is 166 g/mol. The van der Waals surface area contributed by atoms with Gasteiger partial charge in [0.1, 0.15) is 0 Å². The summed E-state index contributed by atoms with van der Waals surface area (Å²) in [5, 5.41) is 2.11. The van der Waals surface area contributed by atoms with E-state index in [4.69, 9.17) is 5.73 Å². The second-order valence-electron chi connectivity index (χ2n) is 2.59. The number of nitrogens with one attached hydrogen (secondary N) is 1. The third-order valence-corrected chi connectivity index (χ3v) is 1.32. The maximum atomic E-state index is 12.4. The van der Waals surface area contributed by atoms with Gasteiger partial charge in [-0.25, -0.2) is 8.78 Å². The fraction of sp³-hybridized carbons (Fsp3) is 0.857. The van der Waals surface area contributed by atoms with Crippen LogP contribution in [0.4, 0.5) is 8.78 Å². The Hall–Kier alpha value is -0.710. The second kappa shape index (κ2) is 5.03. The van der Waals surface area contributed by atoms with Crippen LogP contribution in [0.1, 0.15) is 19.8 Å². The SMILES string of the molecule is CCCC(=O)NCC(F)(F)CN. The number of halogens is 2. The van der Waals surface area contributed by atoms with Crippen LogP contribution in [0.3, 0.4) is 0 Å². The van der Waals surface area contributed by atoms with E-state index in [1.54, 1.807) is 6.92 Å². The quantitative estimate of drug-likeness (QED) is 0.647. The lowest BCUT2D eigenvalue weighted by Crippen LogP contribution is -2.41. The lowest BCUT2D eigenvalue weighted by molar-refractivity contribution is -0.122. The summed E-state index contributed by atoms with van der Waals surface area (Å²) in [5.74, 6) is -3.34. The molecule has 0 fully saturated rings. The number of hydrogen-bond donors (Lipinski definition) is 2. The summed E-state index contributed by atoms with van der Waals surface area (Å²) in [7, 11) is 0. The molecule has 3 N–H and O–H groups in total. The van der Waals surface area contributed by atoms with Gasteiger partial charge >= 0.3 is 0 Å². The zero-order chi connectivity index (χ0) is 9.61. The van der Waals surface area contributed by atoms with Crippen LogP contribution in [0.15, 0.2) is 0 Å². The molecule has 12 heavy (non-hydrogen) atoms. The van der Waals surface area contributed by atoms with Gasteiger partial charge in [0.05, 0.1) is 13.1 Å². The molecule has 0 heterocycles. The molecule has 0 radical (unpaired) electrons. The predicted octanol–water partition coefficient (Wildman–Crippen LogP) is 0.497. The highest BCUT2D eigenvalue weighted by atomic mass is 19.3. The first-order valence-corrected chi connectivity index (χ1v) is 3.86. The Labute approximate surface area is 70.3 Å². The first-order valence-electron chi connectivity index (χ1n) is 3.86. The molecule has 0 saturated carbocycles. The average molecular weight is 180 g/mol. The van der Waals surface area contributed by atoms with Gasteiger partial charge in [0.2, 0.25) is 5.91 Å². The highest BCUT2D eigenvalue weighted by molar-refractivity contribution is 5.75. The maximum Gasteiger partial charge on any atom is 0.277 e. The molecule has 0 saturated heterocycles. The molecule has 3 nitrogen and oxygen atoms in total. The van der Waals surface area contributed by atoms with Gasteiger partial charge in [0, 0.05) is 6.42 Å². The molecule has 0 rings (SSSR count). The van der Waals surface area contributed by atoms with E-state index in [9.17, 15) is 13.6 Å². The number of carbonyl (C=O) groups excluding carboxylic acids is 1.